The highest BCUT2D eigenvalue weighted by Gasteiger charge is 2.09. The van der Waals surface area contributed by atoms with Crippen LogP contribution in [-0.4, -0.2) is 11.7 Å². The van der Waals surface area contributed by atoms with Crippen LogP contribution in [0.3, 0.4) is 0 Å². The summed E-state index contributed by atoms with van der Waals surface area (Å²) in [4.78, 5) is 0. The van der Waals surface area contributed by atoms with Gasteiger partial charge in [-0.1, -0.05) is 15.9 Å². The summed E-state index contributed by atoms with van der Waals surface area (Å²) in [5, 5.41) is 18.0. The van der Waals surface area contributed by atoms with Gasteiger partial charge in [-0.05, 0) is 31.5 Å². The SMILES string of the molecule is C[C@H](O)c1cc(Br)ccc1OCCCC#N. The van der Waals surface area contributed by atoms with E-state index in [1.54, 1.807) is 6.92 Å². The lowest BCUT2D eigenvalue weighted by atomic mass is 10.1. The van der Waals surface area contributed by atoms with Crippen molar-refractivity contribution < 1.29 is 9.84 Å². The zero-order valence-corrected chi connectivity index (χ0v) is 10.7. The Kier molecular flexibility index (Phi) is 5.30. The summed E-state index contributed by atoms with van der Waals surface area (Å²) in [7, 11) is 0. The second-order valence-corrected chi connectivity index (χ2v) is 4.38. The Balaban J connectivity index is 2.68. The van der Waals surface area contributed by atoms with E-state index < -0.39 is 6.10 Å². The molecule has 0 aliphatic rings. The van der Waals surface area contributed by atoms with Gasteiger partial charge in [0, 0.05) is 16.5 Å². The van der Waals surface area contributed by atoms with Crippen LogP contribution < -0.4 is 4.74 Å². The number of ether oxygens (including phenoxy) is 1. The molecule has 0 saturated carbocycles. The van der Waals surface area contributed by atoms with Gasteiger partial charge in [0.25, 0.3) is 0 Å². The summed E-state index contributed by atoms with van der Waals surface area (Å²) in [5.41, 5.74) is 0.756. The first kappa shape index (κ1) is 13.0. The van der Waals surface area contributed by atoms with E-state index in [1.807, 2.05) is 18.2 Å². The molecule has 3 nitrogen and oxygen atoms in total. The number of hydrogen-bond donors (Lipinski definition) is 1. The summed E-state index contributed by atoms with van der Waals surface area (Å²) in [6.45, 7) is 2.19. The Labute approximate surface area is 104 Å². The van der Waals surface area contributed by atoms with Crippen molar-refractivity contribution in [3.8, 4) is 11.8 Å². The molecule has 0 aromatic heterocycles. The Morgan fingerprint density at radius 1 is 1.56 bits per heavy atom. The molecular weight excluding hydrogens is 270 g/mol. The first-order valence-electron chi connectivity index (χ1n) is 5.12. The minimum atomic E-state index is -0.566. The molecule has 16 heavy (non-hydrogen) atoms. The van der Waals surface area contributed by atoms with Crippen molar-refractivity contribution >= 4 is 15.9 Å². The second kappa shape index (κ2) is 6.51. The van der Waals surface area contributed by atoms with Gasteiger partial charge in [0.05, 0.1) is 18.8 Å². The standard InChI is InChI=1S/C12H14BrNO2/c1-9(15)11-8-10(13)4-5-12(11)16-7-3-2-6-14/h4-5,8-9,15H,2-3,7H2,1H3/t9-/m0/s1. The Bertz CT molecular complexity index is 385. The molecule has 0 heterocycles. The average Bonchev–Trinajstić information content (AvgIpc) is 2.26. The normalized spacial score (nSPS) is 11.9. The molecule has 86 valence electrons. The largest absolute Gasteiger partial charge is 0.493 e. The molecule has 0 aliphatic heterocycles. The van der Waals surface area contributed by atoms with Crippen molar-refractivity contribution in [1.29, 1.82) is 5.26 Å². The number of aliphatic hydroxyl groups is 1. The van der Waals surface area contributed by atoms with Crippen LogP contribution in [-0.2, 0) is 0 Å². The van der Waals surface area contributed by atoms with Gasteiger partial charge in [0.1, 0.15) is 5.75 Å². The van der Waals surface area contributed by atoms with E-state index >= 15 is 0 Å². The Morgan fingerprint density at radius 3 is 2.94 bits per heavy atom. The predicted octanol–water partition coefficient (Wildman–Crippen LogP) is 3.18. The summed E-state index contributed by atoms with van der Waals surface area (Å²) in [6, 6.07) is 7.59. The van der Waals surface area contributed by atoms with Crippen molar-refractivity contribution in [3.05, 3.63) is 28.2 Å². The second-order valence-electron chi connectivity index (χ2n) is 3.47. The molecule has 1 N–H and O–H groups in total. The quantitative estimate of drug-likeness (QED) is 0.845. The smallest absolute Gasteiger partial charge is 0.125 e. The molecule has 0 unspecified atom stereocenters. The summed E-state index contributed by atoms with van der Waals surface area (Å²) < 4.78 is 6.43. The van der Waals surface area contributed by atoms with E-state index in [4.69, 9.17) is 10.00 Å². The fraction of sp³-hybridized carbons (Fsp3) is 0.417. The monoisotopic (exact) mass is 283 g/mol. The Hall–Kier alpha value is -1.05. The van der Waals surface area contributed by atoms with Crippen LogP contribution in [0.25, 0.3) is 0 Å². The van der Waals surface area contributed by atoms with Crippen molar-refractivity contribution in [1.82, 2.24) is 0 Å². The first-order chi connectivity index (χ1) is 7.65. The zero-order valence-electron chi connectivity index (χ0n) is 9.11. The number of hydrogen-bond acceptors (Lipinski definition) is 3. The molecule has 0 fully saturated rings. The van der Waals surface area contributed by atoms with E-state index in [-0.39, 0.29) is 0 Å². The van der Waals surface area contributed by atoms with E-state index in [2.05, 4.69) is 22.0 Å². The minimum Gasteiger partial charge on any atom is -0.493 e. The molecule has 0 amide bonds. The van der Waals surface area contributed by atoms with Gasteiger partial charge >= 0.3 is 0 Å². The van der Waals surface area contributed by atoms with Crippen molar-refractivity contribution in [2.75, 3.05) is 6.61 Å². The molecule has 1 rings (SSSR count). The van der Waals surface area contributed by atoms with Gasteiger partial charge in [-0.2, -0.15) is 5.26 Å². The van der Waals surface area contributed by atoms with Crippen LogP contribution in [0.5, 0.6) is 5.75 Å². The molecule has 1 aromatic rings. The number of nitrogens with zero attached hydrogens (tertiary/aromatic N) is 1. The highest BCUT2D eigenvalue weighted by molar-refractivity contribution is 9.10. The lowest BCUT2D eigenvalue weighted by Gasteiger charge is -2.13. The molecule has 0 saturated heterocycles. The third-order valence-electron chi connectivity index (χ3n) is 2.11. The average molecular weight is 284 g/mol. The lowest BCUT2D eigenvalue weighted by molar-refractivity contribution is 0.191. The molecular formula is C12H14BrNO2. The number of nitriles is 1. The molecule has 1 atom stereocenters. The highest BCUT2D eigenvalue weighted by Crippen LogP contribution is 2.28. The summed E-state index contributed by atoms with van der Waals surface area (Å²) >= 11 is 3.35. The summed E-state index contributed by atoms with van der Waals surface area (Å²) in [5.74, 6) is 0.677. The topological polar surface area (TPSA) is 53.2 Å². The molecule has 0 aliphatic carbocycles. The fourth-order valence-corrected chi connectivity index (χ4v) is 1.69. The van der Waals surface area contributed by atoms with Gasteiger partial charge in [0.15, 0.2) is 0 Å². The molecule has 4 heteroatoms. The third-order valence-corrected chi connectivity index (χ3v) is 2.61. The van der Waals surface area contributed by atoms with E-state index in [0.717, 1.165) is 10.0 Å². The van der Waals surface area contributed by atoms with E-state index in [9.17, 15) is 5.11 Å². The highest BCUT2D eigenvalue weighted by atomic mass is 79.9. The maximum atomic E-state index is 9.58. The van der Waals surface area contributed by atoms with Crippen LogP contribution in [0.2, 0.25) is 0 Å². The van der Waals surface area contributed by atoms with Crippen molar-refractivity contribution in [2.45, 2.75) is 25.9 Å². The van der Waals surface area contributed by atoms with Crippen LogP contribution in [0.1, 0.15) is 31.4 Å². The van der Waals surface area contributed by atoms with Gasteiger partial charge in [-0.3, -0.25) is 0 Å². The zero-order chi connectivity index (χ0) is 12.0. The number of unbranched alkanes of at least 4 members (excludes halogenated alkanes) is 1. The molecule has 0 radical (unpaired) electrons. The molecule has 1 aromatic carbocycles. The molecule has 0 spiro atoms. The van der Waals surface area contributed by atoms with Gasteiger partial charge in [-0.15, -0.1) is 0 Å². The van der Waals surface area contributed by atoms with E-state index in [1.165, 1.54) is 0 Å². The minimum absolute atomic E-state index is 0.487. The first-order valence-corrected chi connectivity index (χ1v) is 5.91. The van der Waals surface area contributed by atoms with Gasteiger partial charge in [0.2, 0.25) is 0 Å². The maximum absolute atomic E-state index is 9.58. The third kappa shape index (κ3) is 3.84. The van der Waals surface area contributed by atoms with Crippen LogP contribution in [0, 0.1) is 11.3 Å². The fourth-order valence-electron chi connectivity index (χ4n) is 1.31. The molecule has 0 bridgehead atoms. The number of benzene rings is 1. The number of rotatable bonds is 5. The maximum Gasteiger partial charge on any atom is 0.125 e. The van der Waals surface area contributed by atoms with Crippen LogP contribution in [0.15, 0.2) is 22.7 Å². The number of halogens is 1. The number of aliphatic hydroxyl groups excluding tert-OH is 1. The van der Waals surface area contributed by atoms with Gasteiger partial charge < -0.3 is 9.84 Å². The van der Waals surface area contributed by atoms with Crippen molar-refractivity contribution in [2.24, 2.45) is 0 Å². The van der Waals surface area contributed by atoms with E-state index in [0.29, 0.717) is 25.2 Å². The Morgan fingerprint density at radius 2 is 2.31 bits per heavy atom. The summed E-state index contributed by atoms with van der Waals surface area (Å²) in [6.07, 6.45) is 0.621. The lowest BCUT2D eigenvalue weighted by Crippen LogP contribution is -2.02. The van der Waals surface area contributed by atoms with Crippen LogP contribution >= 0.6 is 15.9 Å². The predicted molar refractivity (Wildman–Crippen MR) is 65.1 cm³/mol. The van der Waals surface area contributed by atoms with Crippen LogP contribution in [0.4, 0.5) is 0 Å². The van der Waals surface area contributed by atoms with Crippen molar-refractivity contribution in [3.63, 3.8) is 0 Å². The van der Waals surface area contributed by atoms with Gasteiger partial charge in [-0.25, -0.2) is 0 Å².